The normalized spacial score (nSPS) is 20.2. The summed E-state index contributed by atoms with van der Waals surface area (Å²) < 4.78 is 10.5. The van der Waals surface area contributed by atoms with Gasteiger partial charge < -0.3 is 14.6 Å². The zero-order chi connectivity index (χ0) is 11.5. The lowest BCUT2D eigenvalue weighted by molar-refractivity contribution is -0.138. The molecule has 0 radical (unpaired) electrons. The Balaban J connectivity index is 1.94. The molecule has 4 heteroatoms. The molecular formula is C12H14O4. The van der Waals surface area contributed by atoms with E-state index in [4.69, 9.17) is 14.6 Å². The highest BCUT2D eigenvalue weighted by Gasteiger charge is 2.23. The van der Waals surface area contributed by atoms with Crippen LogP contribution in [0.2, 0.25) is 0 Å². The van der Waals surface area contributed by atoms with Crippen molar-refractivity contribution in [3.05, 3.63) is 29.8 Å². The van der Waals surface area contributed by atoms with Gasteiger partial charge in [-0.25, -0.2) is 0 Å². The molecule has 1 aromatic rings. The Labute approximate surface area is 93.8 Å². The molecule has 16 heavy (non-hydrogen) atoms. The van der Waals surface area contributed by atoms with E-state index in [1.807, 2.05) is 0 Å². The van der Waals surface area contributed by atoms with Gasteiger partial charge >= 0.3 is 5.97 Å². The molecule has 0 saturated carbocycles. The summed E-state index contributed by atoms with van der Waals surface area (Å²) >= 11 is 0. The number of epoxide rings is 1. The molecule has 1 heterocycles. The largest absolute Gasteiger partial charge is 0.491 e. The van der Waals surface area contributed by atoms with Crippen LogP contribution in [-0.4, -0.2) is 30.4 Å². The first-order valence-electron chi connectivity index (χ1n) is 5.24. The van der Waals surface area contributed by atoms with Crippen molar-refractivity contribution in [1.29, 1.82) is 0 Å². The van der Waals surface area contributed by atoms with Crippen LogP contribution >= 0.6 is 0 Å². The fraction of sp³-hybridized carbons (Fsp3) is 0.417. The minimum Gasteiger partial charge on any atom is -0.491 e. The third-order valence-electron chi connectivity index (χ3n) is 2.59. The number of benzene rings is 1. The van der Waals surface area contributed by atoms with Gasteiger partial charge in [-0.3, -0.25) is 4.79 Å². The predicted octanol–water partition coefficient (Wildman–Crippen LogP) is 1.65. The lowest BCUT2D eigenvalue weighted by atomic mass is 10.0. The van der Waals surface area contributed by atoms with Gasteiger partial charge in [-0.05, 0) is 24.6 Å². The molecule has 0 spiro atoms. The third kappa shape index (κ3) is 2.73. The molecule has 4 nitrogen and oxygen atoms in total. The zero-order valence-electron chi connectivity index (χ0n) is 9.05. The first kappa shape index (κ1) is 11.0. The summed E-state index contributed by atoms with van der Waals surface area (Å²) in [5.41, 5.74) is 0.780. The fourth-order valence-electron chi connectivity index (χ4n) is 1.35. The maximum atomic E-state index is 10.8. The molecule has 0 aliphatic carbocycles. The van der Waals surface area contributed by atoms with Crippen LogP contribution in [0.5, 0.6) is 5.75 Å². The van der Waals surface area contributed by atoms with E-state index >= 15 is 0 Å². The topological polar surface area (TPSA) is 59.1 Å². The molecule has 1 aliphatic rings. The zero-order valence-corrected chi connectivity index (χ0v) is 9.05. The Hall–Kier alpha value is -1.55. The first-order chi connectivity index (χ1) is 7.66. The second-order valence-corrected chi connectivity index (χ2v) is 3.90. The van der Waals surface area contributed by atoms with Crippen molar-refractivity contribution in [2.75, 3.05) is 13.2 Å². The van der Waals surface area contributed by atoms with E-state index in [0.29, 0.717) is 6.61 Å². The van der Waals surface area contributed by atoms with Gasteiger partial charge in [0.15, 0.2) is 0 Å². The van der Waals surface area contributed by atoms with Crippen LogP contribution in [-0.2, 0) is 9.53 Å². The number of ether oxygens (including phenoxy) is 2. The molecule has 1 aromatic carbocycles. The number of hydrogen-bond donors (Lipinski definition) is 1. The molecule has 0 bridgehead atoms. The molecule has 1 fully saturated rings. The van der Waals surface area contributed by atoms with Gasteiger partial charge in [0.2, 0.25) is 0 Å². The van der Waals surface area contributed by atoms with E-state index in [0.717, 1.165) is 17.9 Å². The molecular weight excluding hydrogens is 208 g/mol. The van der Waals surface area contributed by atoms with Crippen molar-refractivity contribution in [3.8, 4) is 5.75 Å². The Morgan fingerprint density at radius 2 is 2.19 bits per heavy atom. The maximum Gasteiger partial charge on any atom is 0.310 e. The van der Waals surface area contributed by atoms with Crippen molar-refractivity contribution in [2.45, 2.75) is 18.9 Å². The van der Waals surface area contributed by atoms with E-state index in [9.17, 15) is 4.79 Å². The van der Waals surface area contributed by atoms with Gasteiger partial charge in [0.25, 0.3) is 0 Å². The number of aliphatic carboxylic acids is 1. The van der Waals surface area contributed by atoms with Crippen LogP contribution in [0.25, 0.3) is 0 Å². The van der Waals surface area contributed by atoms with Crippen LogP contribution in [0, 0.1) is 0 Å². The van der Waals surface area contributed by atoms with Crippen molar-refractivity contribution in [2.24, 2.45) is 0 Å². The molecule has 1 unspecified atom stereocenters. The molecule has 1 N–H and O–H groups in total. The molecule has 2 atom stereocenters. The Morgan fingerprint density at radius 3 is 2.69 bits per heavy atom. The maximum absolute atomic E-state index is 10.8. The van der Waals surface area contributed by atoms with Crippen molar-refractivity contribution in [1.82, 2.24) is 0 Å². The molecule has 0 amide bonds. The van der Waals surface area contributed by atoms with Crippen molar-refractivity contribution in [3.63, 3.8) is 0 Å². The molecule has 1 saturated heterocycles. The van der Waals surface area contributed by atoms with Crippen LogP contribution in [0.1, 0.15) is 18.4 Å². The predicted molar refractivity (Wildman–Crippen MR) is 57.7 cm³/mol. The highest BCUT2D eigenvalue weighted by atomic mass is 16.6. The second kappa shape index (κ2) is 4.53. The van der Waals surface area contributed by atoms with E-state index in [2.05, 4.69) is 0 Å². The summed E-state index contributed by atoms with van der Waals surface area (Å²) in [7, 11) is 0. The van der Waals surface area contributed by atoms with E-state index < -0.39 is 11.9 Å². The van der Waals surface area contributed by atoms with Gasteiger partial charge in [-0.2, -0.15) is 0 Å². The van der Waals surface area contributed by atoms with Crippen LogP contribution in [0.3, 0.4) is 0 Å². The quantitative estimate of drug-likeness (QED) is 0.769. The summed E-state index contributed by atoms with van der Waals surface area (Å²) in [5, 5.41) is 8.84. The van der Waals surface area contributed by atoms with E-state index in [-0.39, 0.29) is 6.10 Å². The molecule has 86 valence electrons. The fourth-order valence-corrected chi connectivity index (χ4v) is 1.35. The van der Waals surface area contributed by atoms with E-state index in [1.165, 1.54) is 0 Å². The lowest BCUT2D eigenvalue weighted by Gasteiger charge is -2.08. The van der Waals surface area contributed by atoms with Crippen molar-refractivity contribution >= 4 is 5.97 Å². The van der Waals surface area contributed by atoms with Gasteiger partial charge in [-0.1, -0.05) is 12.1 Å². The van der Waals surface area contributed by atoms with Gasteiger partial charge in [0.05, 0.1) is 12.5 Å². The summed E-state index contributed by atoms with van der Waals surface area (Å²) in [4.78, 5) is 10.8. The monoisotopic (exact) mass is 222 g/mol. The summed E-state index contributed by atoms with van der Waals surface area (Å²) in [6.45, 7) is 3.00. The van der Waals surface area contributed by atoms with Crippen molar-refractivity contribution < 1.29 is 19.4 Å². The smallest absolute Gasteiger partial charge is 0.310 e. The third-order valence-corrected chi connectivity index (χ3v) is 2.59. The van der Waals surface area contributed by atoms with E-state index in [1.54, 1.807) is 31.2 Å². The molecule has 0 aromatic heterocycles. The van der Waals surface area contributed by atoms with Crippen LogP contribution in [0.4, 0.5) is 0 Å². The molecule has 1 aliphatic heterocycles. The van der Waals surface area contributed by atoms with Gasteiger partial charge in [0, 0.05) is 0 Å². The standard InChI is InChI=1S/C12H14O4/c1-8(12(13)14)9-2-4-10(5-3-9)15-6-11-7-16-11/h2-5,8,11H,6-7H2,1H3,(H,13,14)/t8?,11-/m0/s1. The number of rotatable bonds is 5. The SMILES string of the molecule is CC(C(=O)O)c1ccc(OC[C@H]2CO2)cc1. The van der Waals surface area contributed by atoms with Gasteiger partial charge in [-0.15, -0.1) is 0 Å². The highest BCUT2D eigenvalue weighted by molar-refractivity contribution is 5.75. The first-order valence-corrected chi connectivity index (χ1v) is 5.24. The Morgan fingerprint density at radius 1 is 1.56 bits per heavy atom. The average Bonchev–Trinajstić information content (AvgIpc) is 3.10. The average molecular weight is 222 g/mol. The number of carboxylic acid groups (broad SMARTS) is 1. The Kier molecular flexibility index (Phi) is 3.10. The second-order valence-electron chi connectivity index (χ2n) is 3.90. The van der Waals surface area contributed by atoms with Gasteiger partial charge in [0.1, 0.15) is 18.5 Å². The number of hydrogen-bond acceptors (Lipinski definition) is 3. The highest BCUT2D eigenvalue weighted by Crippen LogP contribution is 2.20. The Bertz CT molecular complexity index is 367. The summed E-state index contributed by atoms with van der Waals surface area (Å²) in [6.07, 6.45) is 0.234. The molecule has 2 rings (SSSR count). The van der Waals surface area contributed by atoms with Crippen LogP contribution < -0.4 is 4.74 Å². The minimum atomic E-state index is -0.819. The number of carbonyl (C=O) groups is 1. The lowest BCUT2D eigenvalue weighted by Crippen LogP contribution is -2.07. The summed E-state index contributed by atoms with van der Waals surface area (Å²) in [6, 6.07) is 7.14. The summed E-state index contributed by atoms with van der Waals surface area (Å²) in [5.74, 6) is -0.558. The minimum absolute atomic E-state index is 0.234. The number of carboxylic acids is 1. The van der Waals surface area contributed by atoms with Crippen LogP contribution in [0.15, 0.2) is 24.3 Å².